The fourth-order valence-electron chi connectivity index (χ4n) is 1.86. The summed E-state index contributed by atoms with van der Waals surface area (Å²) < 4.78 is 13.4. The maximum atomic E-state index is 12.5. The van der Waals surface area contributed by atoms with Gasteiger partial charge in [-0.05, 0) is 72.3 Å². The number of rotatable bonds is 2. The summed E-state index contributed by atoms with van der Waals surface area (Å²) in [5.41, 5.74) is -0.440. The first kappa shape index (κ1) is 17.7. The number of nitrogens with zero attached hydrogens (tertiary/aromatic N) is 1. The molecule has 2 heterocycles. The van der Waals surface area contributed by atoms with Gasteiger partial charge in [-0.15, -0.1) is 11.3 Å². The van der Waals surface area contributed by atoms with E-state index in [1.807, 2.05) is 6.07 Å². The summed E-state index contributed by atoms with van der Waals surface area (Å²) in [6, 6.07) is 1.88. The van der Waals surface area contributed by atoms with Crippen LogP contribution in [0.5, 0.6) is 0 Å². The molecule has 120 valence electrons. The summed E-state index contributed by atoms with van der Waals surface area (Å²) in [7, 11) is 0. The Labute approximate surface area is 154 Å². The molecule has 2 rings (SSSR count). The summed E-state index contributed by atoms with van der Waals surface area (Å²) in [6.07, 6.45) is -0.585. The van der Waals surface area contributed by atoms with Gasteiger partial charge in [0.1, 0.15) is 10.4 Å². The second-order valence-electron chi connectivity index (χ2n) is 5.47. The van der Waals surface area contributed by atoms with E-state index in [1.54, 1.807) is 27.7 Å². The second kappa shape index (κ2) is 6.48. The molecule has 0 aliphatic heterocycles. The van der Waals surface area contributed by atoms with Crippen LogP contribution in [0.2, 0.25) is 0 Å². The van der Waals surface area contributed by atoms with Crippen LogP contribution in [-0.4, -0.2) is 28.8 Å². The lowest BCUT2D eigenvalue weighted by Gasteiger charge is -2.20. The summed E-state index contributed by atoms with van der Waals surface area (Å²) in [5, 5.41) is 0.825. The SMILES string of the molecule is CCOC(=O)c1c(I)c2cc(Br)sc2n1C(=O)OC(C)(C)C. The molecule has 0 bridgehead atoms. The molecule has 0 spiro atoms. The van der Waals surface area contributed by atoms with Crippen molar-refractivity contribution < 1.29 is 19.1 Å². The third kappa shape index (κ3) is 3.48. The van der Waals surface area contributed by atoms with Gasteiger partial charge in [0.25, 0.3) is 0 Å². The Morgan fingerprint density at radius 2 is 2.05 bits per heavy atom. The van der Waals surface area contributed by atoms with Crippen LogP contribution in [-0.2, 0) is 9.47 Å². The number of esters is 1. The number of ether oxygens (including phenoxy) is 2. The Balaban J connectivity index is 2.64. The lowest BCUT2D eigenvalue weighted by Crippen LogP contribution is -2.29. The van der Waals surface area contributed by atoms with Gasteiger partial charge in [0.2, 0.25) is 0 Å². The van der Waals surface area contributed by atoms with Gasteiger partial charge in [0, 0.05) is 5.39 Å². The van der Waals surface area contributed by atoms with Crippen LogP contribution in [0.1, 0.15) is 38.2 Å². The van der Waals surface area contributed by atoms with Crippen LogP contribution in [0.3, 0.4) is 0 Å². The van der Waals surface area contributed by atoms with Gasteiger partial charge in [0.15, 0.2) is 5.69 Å². The number of hydrogen-bond acceptors (Lipinski definition) is 5. The normalized spacial score (nSPS) is 11.7. The fourth-order valence-corrected chi connectivity index (χ4v) is 4.50. The first-order chi connectivity index (χ1) is 10.2. The Kier molecular flexibility index (Phi) is 5.23. The highest BCUT2D eigenvalue weighted by Crippen LogP contribution is 2.37. The molecule has 0 saturated heterocycles. The van der Waals surface area contributed by atoms with E-state index in [4.69, 9.17) is 9.47 Å². The van der Waals surface area contributed by atoms with Gasteiger partial charge in [-0.2, -0.15) is 0 Å². The summed E-state index contributed by atoms with van der Waals surface area (Å²) in [6.45, 7) is 7.32. The van der Waals surface area contributed by atoms with Crippen LogP contribution < -0.4 is 0 Å². The van der Waals surface area contributed by atoms with Gasteiger partial charge >= 0.3 is 12.1 Å². The van der Waals surface area contributed by atoms with Gasteiger partial charge in [-0.3, -0.25) is 0 Å². The largest absolute Gasteiger partial charge is 0.461 e. The van der Waals surface area contributed by atoms with Gasteiger partial charge in [0.05, 0.1) is 14.0 Å². The molecule has 0 saturated carbocycles. The molecule has 2 aromatic heterocycles. The van der Waals surface area contributed by atoms with E-state index in [-0.39, 0.29) is 12.3 Å². The number of carbonyl (C=O) groups is 2. The average Bonchev–Trinajstić information content (AvgIpc) is 2.84. The van der Waals surface area contributed by atoms with Gasteiger partial charge < -0.3 is 9.47 Å². The number of carbonyl (C=O) groups excluding carboxylic acids is 2. The van der Waals surface area contributed by atoms with Crippen molar-refractivity contribution in [2.45, 2.75) is 33.3 Å². The number of hydrogen-bond donors (Lipinski definition) is 0. The van der Waals surface area contributed by atoms with Crippen molar-refractivity contribution in [3.63, 3.8) is 0 Å². The van der Waals surface area contributed by atoms with Crippen molar-refractivity contribution in [1.82, 2.24) is 4.57 Å². The molecule has 0 amide bonds. The zero-order chi connectivity index (χ0) is 16.7. The zero-order valence-corrected chi connectivity index (χ0v) is 17.1. The summed E-state index contributed by atoms with van der Waals surface area (Å²) in [4.78, 5) is 25.5. The summed E-state index contributed by atoms with van der Waals surface area (Å²) in [5.74, 6) is -0.530. The quantitative estimate of drug-likeness (QED) is 0.429. The smallest absolute Gasteiger partial charge is 0.420 e. The fraction of sp³-hybridized carbons (Fsp3) is 0.429. The van der Waals surface area contributed by atoms with E-state index in [0.717, 1.165) is 9.17 Å². The second-order valence-corrected chi connectivity index (χ2v) is 8.96. The van der Waals surface area contributed by atoms with Crippen LogP contribution in [0.25, 0.3) is 10.2 Å². The molecule has 22 heavy (non-hydrogen) atoms. The Hall–Kier alpha value is -0.610. The highest BCUT2D eigenvalue weighted by molar-refractivity contribution is 14.1. The van der Waals surface area contributed by atoms with Crippen molar-refractivity contribution in [3.05, 3.63) is 19.1 Å². The van der Waals surface area contributed by atoms with Crippen molar-refractivity contribution in [3.8, 4) is 0 Å². The predicted octanol–water partition coefficient (Wildman–Crippen LogP) is 5.03. The lowest BCUT2D eigenvalue weighted by molar-refractivity contribution is 0.0453. The van der Waals surface area contributed by atoms with E-state index >= 15 is 0 Å². The minimum Gasteiger partial charge on any atom is -0.461 e. The molecular formula is C14H15BrINO4S. The molecule has 5 nitrogen and oxygen atoms in total. The topological polar surface area (TPSA) is 57.5 Å². The zero-order valence-electron chi connectivity index (χ0n) is 12.5. The number of thiophene rings is 1. The minimum atomic E-state index is -0.653. The molecular weight excluding hydrogens is 485 g/mol. The highest BCUT2D eigenvalue weighted by atomic mass is 127. The lowest BCUT2D eigenvalue weighted by atomic mass is 10.2. The molecule has 0 radical (unpaired) electrons. The van der Waals surface area contributed by atoms with Crippen LogP contribution >= 0.6 is 49.9 Å². The Morgan fingerprint density at radius 3 is 2.59 bits per heavy atom. The van der Waals surface area contributed by atoms with E-state index in [9.17, 15) is 9.59 Å². The van der Waals surface area contributed by atoms with Crippen LogP contribution in [0, 0.1) is 3.57 Å². The standard InChI is InChI=1S/C14H15BrINO4S/c1-5-20-12(18)10-9(16)7-6-8(15)22-11(7)17(10)13(19)21-14(2,3)4/h6H,5H2,1-4H3. The number of fused-ring (bicyclic) bond motifs is 1. The van der Waals surface area contributed by atoms with Crippen LogP contribution in [0.4, 0.5) is 4.79 Å². The Bertz CT molecular complexity index is 744. The van der Waals surface area contributed by atoms with E-state index in [2.05, 4.69) is 38.5 Å². The third-order valence-electron chi connectivity index (χ3n) is 2.60. The van der Waals surface area contributed by atoms with Crippen molar-refractivity contribution in [2.24, 2.45) is 0 Å². The predicted molar refractivity (Wildman–Crippen MR) is 97.8 cm³/mol. The van der Waals surface area contributed by atoms with Crippen LogP contribution in [0.15, 0.2) is 9.85 Å². The maximum Gasteiger partial charge on any atom is 0.420 e. The first-order valence-electron chi connectivity index (χ1n) is 6.55. The maximum absolute atomic E-state index is 12.5. The monoisotopic (exact) mass is 499 g/mol. The van der Waals surface area contributed by atoms with Crippen molar-refractivity contribution in [2.75, 3.05) is 6.61 Å². The molecule has 0 fully saturated rings. The highest BCUT2D eigenvalue weighted by Gasteiger charge is 2.30. The minimum absolute atomic E-state index is 0.213. The van der Waals surface area contributed by atoms with Crippen molar-refractivity contribution >= 4 is 72.1 Å². The molecule has 2 aromatic rings. The molecule has 8 heteroatoms. The van der Waals surface area contributed by atoms with Gasteiger partial charge in [-0.1, -0.05) is 0 Å². The van der Waals surface area contributed by atoms with Gasteiger partial charge in [-0.25, -0.2) is 14.2 Å². The van der Waals surface area contributed by atoms with E-state index < -0.39 is 17.7 Å². The van der Waals surface area contributed by atoms with E-state index in [0.29, 0.717) is 8.40 Å². The molecule has 0 unspecified atom stereocenters. The summed E-state index contributed by atoms with van der Waals surface area (Å²) >= 11 is 6.83. The average molecular weight is 500 g/mol. The Morgan fingerprint density at radius 1 is 1.41 bits per heavy atom. The number of halogens is 2. The van der Waals surface area contributed by atoms with E-state index in [1.165, 1.54) is 15.9 Å². The number of aromatic nitrogens is 1. The molecule has 0 aromatic carbocycles. The third-order valence-corrected chi connectivity index (χ3v) is 5.31. The van der Waals surface area contributed by atoms with Crippen molar-refractivity contribution in [1.29, 1.82) is 0 Å². The first-order valence-corrected chi connectivity index (χ1v) is 9.24. The molecule has 0 atom stereocenters. The molecule has 0 aliphatic carbocycles. The molecule has 0 aliphatic rings. The molecule has 0 N–H and O–H groups in total.